The summed E-state index contributed by atoms with van der Waals surface area (Å²) < 4.78 is 41.9. The van der Waals surface area contributed by atoms with Gasteiger partial charge in [-0.25, -0.2) is 4.68 Å². The van der Waals surface area contributed by atoms with E-state index in [0.717, 1.165) is 24.8 Å². The number of halogens is 3. The Kier molecular flexibility index (Phi) is 6.83. The van der Waals surface area contributed by atoms with Crippen molar-refractivity contribution in [3.8, 4) is 17.1 Å². The second kappa shape index (κ2) is 10.2. The number of carbonyl (C=O) groups excluding carboxylic acids is 1. The lowest BCUT2D eigenvalue weighted by molar-refractivity contribution is -0.142. The average molecular weight is 522 g/mol. The topological polar surface area (TPSA) is 88.8 Å². The quantitative estimate of drug-likeness (QED) is 0.374. The molecule has 1 amide bonds. The van der Waals surface area contributed by atoms with Crippen LogP contribution in [0.1, 0.15) is 36.3 Å². The van der Waals surface area contributed by atoms with Crippen molar-refractivity contribution >= 4 is 17.4 Å². The third-order valence-corrected chi connectivity index (χ3v) is 6.41. The summed E-state index contributed by atoms with van der Waals surface area (Å²) in [5.41, 5.74) is 0.957. The van der Waals surface area contributed by atoms with Crippen LogP contribution >= 0.6 is 0 Å². The van der Waals surface area contributed by atoms with E-state index in [2.05, 4.69) is 44.3 Å². The van der Waals surface area contributed by atoms with Crippen molar-refractivity contribution in [3.63, 3.8) is 0 Å². The number of benzene rings is 1. The van der Waals surface area contributed by atoms with Crippen LogP contribution < -0.4 is 10.2 Å². The number of nitrogens with one attached hydrogen (secondary N) is 1. The molecule has 3 aromatic heterocycles. The summed E-state index contributed by atoms with van der Waals surface area (Å²) in [6.07, 6.45) is -0.539. The van der Waals surface area contributed by atoms with Gasteiger partial charge in [-0.05, 0) is 66.8 Å². The van der Waals surface area contributed by atoms with Gasteiger partial charge in [-0.15, -0.1) is 10.2 Å². The molecule has 196 valence electrons. The van der Waals surface area contributed by atoms with Gasteiger partial charge in [-0.3, -0.25) is 9.78 Å². The Balaban J connectivity index is 1.34. The third kappa shape index (κ3) is 5.51. The van der Waals surface area contributed by atoms with Gasteiger partial charge in [0.25, 0.3) is 5.91 Å². The van der Waals surface area contributed by atoms with E-state index >= 15 is 0 Å². The number of amides is 1. The highest BCUT2D eigenvalue weighted by atomic mass is 19.4. The summed E-state index contributed by atoms with van der Waals surface area (Å²) in [6.45, 7) is 6.31. The molecule has 1 fully saturated rings. The number of piperidine rings is 1. The van der Waals surface area contributed by atoms with Crippen LogP contribution in [0.5, 0.6) is 0 Å². The van der Waals surface area contributed by atoms with Gasteiger partial charge < -0.3 is 10.2 Å². The molecule has 38 heavy (non-hydrogen) atoms. The first kappa shape index (κ1) is 25.4. The summed E-state index contributed by atoms with van der Waals surface area (Å²) >= 11 is 0. The summed E-state index contributed by atoms with van der Waals surface area (Å²) in [4.78, 5) is 19.1. The summed E-state index contributed by atoms with van der Waals surface area (Å²) in [5, 5.41) is 14.6. The largest absolute Gasteiger partial charge is 0.433 e. The summed E-state index contributed by atoms with van der Waals surface area (Å²) in [5.74, 6) is 0.718. The zero-order chi connectivity index (χ0) is 26.9. The standard InChI is InChI=1S/C27H26F3N7O/c1-17-11-18(2)16-36(15-17)21-7-3-5-19(12-21)26(38)32-24-8-9-25(34-33-24)37-23(27(28,29)30)13-22(35-37)20-6-4-10-31-14-20/h3-10,12-14,17-18H,11,15-16H2,1-2H3,(H,32,33,38). The minimum absolute atomic E-state index is 0.0991. The maximum Gasteiger partial charge on any atom is 0.433 e. The number of alkyl halides is 3. The van der Waals surface area contributed by atoms with E-state index in [9.17, 15) is 18.0 Å². The molecule has 0 radical (unpaired) electrons. The molecule has 1 aromatic carbocycles. The molecule has 0 spiro atoms. The highest BCUT2D eigenvalue weighted by Crippen LogP contribution is 2.33. The van der Waals surface area contributed by atoms with Crippen LogP contribution in [-0.4, -0.2) is 44.0 Å². The highest BCUT2D eigenvalue weighted by Gasteiger charge is 2.37. The van der Waals surface area contributed by atoms with Gasteiger partial charge in [0.2, 0.25) is 0 Å². The molecular weight excluding hydrogens is 495 g/mol. The van der Waals surface area contributed by atoms with Crippen LogP contribution in [0, 0.1) is 11.8 Å². The second-order valence-corrected chi connectivity index (χ2v) is 9.70. The van der Waals surface area contributed by atoms with Gasteiger partial charge >= 0.3 is 6.18 Å². The van der Waals surface area contributed by atoms with Crippen molar-refractivity contribution in [2.45, 2.75) is 26.4 Å². The Bertz CT molecular complexity index is 1410. The molecule has 11 heteroatoms. The van der Waals surface area contributed by atoms with E-state index in [0.29, 0.717) is 27.6 Å². The predicted molar refractivity (Wildman–Crippen MR) is 137 cm³/mol. The summed E-state index contributed by atoms with van der Waals surface area (Å²) in [6, 6.07) is 14.2. The van der Waals surface area contributed by atoms with E-state index in [4.69, 9.17) is 0 Å². The molecule has 1 aliphatic heterocycles. The van der Waals surface area contributed by atoms with Crippen molar-refractivity contribution in [1.82, 2.24) is 25.0 Å². The van der Waals surface area contributed by atoms with Gasteiger partial charge in [0.15, 0.2) is 17.3 Å². The predicted octanol–water partition coefficient (Wildman–Crippen LogP) is 5.48. The molecular formula is C27H26F3N7O. The number of carbonyl (C=O) groups is 1. The number of pyridine rings is 1. The van der Waals surface area contributed by atoms with Crippen LogP contribution in [0.25, 0.3) is 17.1 Å². The highest BCUT2D eigenvalue weighted by molar-refractivity contribution is 6.04. The lowest BCUT2D eigenvalue weighted by Gasteiger charge is -2.36. The number of aromatic nitrogens is 5. The molecule has 4 heterocycles. The minimum Gasteiger partial charge on any atom is -0.371 e. The molecule has 1 N–H and O–H groups in total. The van der Waals surface area contributed by atoms with Crippen molar-refractivity contribution in [2.75, 3.05) is 23.3 Å². The van der Waals surface area contributed by atoms with Crippen molar-refractivity contribution < 1.29 is 18.0 Å². The van der Waals surface area contributed by atoms with Gasteiger partial charge in [0.1, 0.15) is 0 Å². The molecule has 4 aromatic rings. The van der Waals surface area contributed by atoms with Gasteiger partial charge in [-0.1, -0.05) is 19.9 Å². The van der Waals surface area contributed by atoms with E-state index in [1.54, 1.807) is 18.2 Å². The number of nitrogens with zero attached hydrogens (tertiary/aromatic N) is 6. The SMILES string of the molecule is CC1CC(C)CN(c2cccc(C(=O)Nc3ccc(-n4nc(-c5cccnc5)cc4C(F)(F)F)nn3)c2)C1. The van der Waals surface area contributed by atoms with Crippen LogP contribution in [-0.2, 0) is 6.18 Å². The van der Waals surface area contributed by atoms with Crippen LogP contribution in [0.15, 0.2) is 67.0 Å². The first-order valence-electron chi connectivity index (χ1n) is 12.3. The second-order valence-electron chi connectivity index (χ2n) is 9.70. The Morgan fingerprint density at radius 3 is 2.45 bits per heavy atom. The zero-order valence-electron chi connectivity index (χ0n) is 20.9. The normalized spacial score (nSPS) is 17.9. The van der Waals surface area contributed by atoms with Crippen molar-refractivity contribution in [1.29, 1.82) is 0 Å². The van der Waals surface area contributed by atoms with Gasteiger partial charge in [0.05, 0.1) is 5.69 Å². The lowest BCUT2D eigenvalue weighted by Crippen LogP contribution is -2.38. The van der Waals surface area contributed by atoms with Crippen LogP contribution in [0.4, 0.5) is 24.7 Å². The van der Waals surface area contributed by atoms with E-state index in [-0.39, 0.29) is 23.2 Å². The van der Waals surface area contributed by atoms with Crippen molar-refractivity contribution in [3.05, 3.63) is 78.2 Å². The summed E-state index contributed by atoms with van der Waals surface area (Å²) in [7, 11) is 0. The van der Waals surface area contributed by atoms with Gasteiger partial charge in [0, 0.05) is 42.3 Å². The van der Waals surface area contributed by atoms with Crippen LogP contribution in [0.2, 0.25) is 0 Å². The number of anilines is 2. The molecule has 1 aliphatic rings. The van der Waals surface area contributed by atoms with Gasteiger partial charge in [-0.2, -0.15) is 18.3 Å². The third-order valence-electron chi connectivity index (χ3n) is 6.41. The van der Waals surface area contributed by atoms with E-state index < -0.39 is 11.9 Å². The fourth-order valence-electron chi connectivity index (χ4n) is 4.82. The van der Waals surface area contributed by atoms with E-state index in [1.165, 1.54) is 30.9 Å². The Hall–Kier alpha value is -4.28. The van der Waals surface area contributed by atoms with Crippen LogP contribution in [0.3, 0.4) is 0 Å². The fourth-order valence-corrected chi connectivity index (χ4v) is 4.82. The molecule has 1 saturated heterocycles. The molecule has 0 bridgehead atoms. The molecule has 5 rings (SSSR count). The number of hydrogen-bond acceptors (Lipinski definition) is 6. The Labute approximate surface area is 217 Å². The first-order valence-corrected chi connectivity index (χ1v) is 12.3. The lowest BCUT2D eigenvalue weighted by atomic mass is 9.91. The Morgan fingerprint density at radius 2 is 1.79 bits per heavy atom. The van der Waals surface area contributed by atoms with Crippen molar-refractivity contribution in [2.24, 2.45) is 11.8 Å². The smallest absolute Gasteiger partial charge is 0.371 e. The zero-order valence-corrected chi connectivity index (χ0v) is 20.9. The average Bonchev–Trinajstić information content (AvgIpc) is 3.36. The number of hydrogen-bond donors (Lipinski definition) is 1. The minimum atomic E-state index is -4.67. The molecule has 8 nitrogen and oxygen atoms in total. The maximum atomic E-state index is 13.7. The fraction of sp³-hybridized carbons (Fsp3) is 0.296. The molecule has 2 unspecified atom stereocenters. The monoisotopic (exact) mass is 521 g/mol. The first-order chi connectivity index (χ1) is 18.2. The molecule has 0 saturated carbocycles. The maximum absolute atomic E-state index is 13.7. The van der Waals surface area contributed by atoms with E-state index in [1.807, 2.05) is 18.2 Å². The number of rotatable bonds is 5. The molecule has 0 aliphatic carbocycles. The molecule has 2 atom stereocenters. The Morgan fingerprint density at radius 1 is 1.00 bits per heavy atom.